The highest BCUT2D eigenvalue weighted by atomic mass is 35.5. The molecule has 0 aliphatic carbocycles. The summed E-state index contributed by atoms with van der Waals surface area (Å²) in [6.07, 6.45) is -2.79. The lowest BCUT2D eigenvalue weighted by Crippen LogP contribution is -2.17. The molecule has 0 saturated carbocycles. The van der Waals surface area contributed by atoms with Crippen molar-refractivity contribution < 1.29 is 32.3 Å². The highest BCUT2D eigenvalue weighted by molar-refractivity contribution is 6.34. The van der Waals surface area contributed by atoms with Gasteiger partial charge < -0.3 is 14.3 Å². The second-order valence-corrected chi connectivity index (χ2v) is 6.57. The van der Waals surface area contributed by atoms with E-state index in [1.807, 2.05) is 13.0 Å². The van der Waals surface area contributed by atoms with E-state index in [-0.39, 0.29) is 11.6 Å². The van der Waals surface area contributed by atoms with Crippen LogP contribution in [0.15, 0.2) is 47.8 Å². The predicted molar refractivity (Wildman–Crippen MR) is 107 cm³/mol. The van der Waals surface area contributed by atoms with Gasteiger partial charge in [-0.3, -0.25) is 4.79 Å². The van der Waals surface area contributed by atoms with Crippen LogP contribution in [-0.4, -0.2) is 25.5 Å². The Balaban J connectivity index is 2.20. The van der Waals surface area contributed by atoms with Crippen LogP contribution >= 0.6 is 11.6 Å². The van der Waals surface area contributed by atoms with Crippen LogP contribution in [0.3, 0.4) is 0 Å². The number of carbonyl (C=O) groups excluding carboxylic acids is 1. The van der Waals surface area contributed by atoms with Gasteiger partial charge in [0.05, 0.1) is 29.7 Å². The maximum absolute atomic E-state index is 12.3. The molecule has 30 heavy (non-hydrogen) atoms. The molecule has 0 atom stereocenters. The van der Waals surface area contributed by atoms with Crippen LogP contribution in [0.4, 0.5) is 13.2 Å². The summed E-state index contributed by atoms with van der Waals surface area (Å²) >= 11 is 6.05. The lowest BCUT2D eigenvalue weighted by atomic mass is 9.98. The number of aryl methyl sites for hydroxylation is 1. The van der Waals surface area contributed by atoms with Gasteiger partial charge in [0.1, 0.15) is 12.4 Å². The molecule has 0 aliphatic heterocycles. The number of allylic oxidation sites excluding steroid dienone is 1. The molecule has 0 unspecified atom stereocenters. The number of halogens is 4. The van der Waals surface area contributed by atoms with Gasteiger partial charge in [0, 0.05) is 11.1 Å². The molecule has 9 heteroatoms. The number of oxime groups is 1. The van der Waals surface area contributed by atoms with Crippen molar-refractivity contribution in [3.8, 4) is 5.75 Å². The van der Waals surface area contributed by atoms with E-state index in [0.29, 0.717) is 28.7 Å². The number of hydrogen-bond acceptors (Lipinski definition) is 5. The zero-order chi connectivity index (χ0) is 22.3. The Morgan fingerprint density at radius 3 is 2.53 bits per heavy atom. The minimum Gasteiger partial charge on any atom is -0.504 e. The van der Waals surface area contributed by atoms with E-state index in [9.17, 15) is 18.0 Å². The van der Waals surface area contributed by atoms with Gasteiger partial charge in [-0.2, -0.15) is 0 Å². The summed E-state index contributed by atoms with van der Waals surface area (Å²) in [5.41, 5.74) is 3.37. The number of carbonyl (C=O) groups is 1. The van der Waals surface area contributed by atoms with Crippen molar-refractivity contribution in [2.75, 3.05) is 7.11 Å². The Labute approximate surface area is 176 Å². The summed E-state index contributed by atoms with van der Waals surface area (Å²) in [6, 6.07) is 8.98. The zero-order valence-electron chi connectivity index (χ0n) is 16.4. The molecule has 0 radical (unpaired) electrons. The lowest BCUT2D eigenvalue weighted by molar-refractivity contribution is -0.274. The molecule has 0 aliphatic rings. The summed E-state index contributed by atoms with van der Waals surface area (Å²) in [7, 11) is 1.44. The Hall–Kier alpha value is -3.00. The van der Waals surface area contributed by atoms with Crippen LogP contribution in [0.5, 0.6) is 5.75 Å². The quantitative estimate of drug-likeness (QED) is 0.174. The van der Waals surface area contributed by atoms with Crippen LogP contribution in [-0.2, 0) is 21.0 Å². The third kappa shape index (κ3) is 6.25. The molecular formula is C21H19ClF3NO4. The molecular weight excluding hydrogens is 423 g/mol. The minimum absolute atomic E-state index is 0.0319. The lowest BCUT2D eigenvalue weighted by Gasteiger charge is -2.12. The molecule has 0 amide bonds. The van der Waals surface area contributed by atoms with Crippen molar-refractivity contribution in [2.24, 2.45) is 5.16 Å². The maximum Gasteiger partial charge on any atom is 0.573 e. The number of ether oxygens (including phenoxy) is 2. The summed E-state index contributed by atoms with van der Waals surface area (Å²) in [6.45, 7) is 3.53. The Morgan fingerprint density at radius 1 is 1.20 bits per heavy atom. The van der Waals surface area contributed by atoms with Gasteiger partial charge in [-0.1, -0.05) is 35.0 Å². The average Bonchev–Trinajstić information content (AvgIpc) is 2.66. The van der Waals surface area contributed by atoms with Crippen LogP contribution in [0.1, 0.15) is 29.2 Å². The molecule has 0 spiro atoms. The summed E-state index contributed by atoms with van der Waals surface area (Å²) in [4.78, 5) is 16.8. The van der Waals surface area contributed by atoms with Gasteiger partial charge in [0.25, 0.3) is 0 Å². The van der Waals surface area contributed by atoms with E-state index in [4.69, 9.17) is 21.2 Å². The van der Waals surface area contributed by atoms with E-state index in [1.165, 1.54) is 19.4 Å². The smallest absolute Gasteiger partial charge is 0.504 e. The van der Waals surface area contributed by atoms with Gasteiger partial charge in [-0.25, -0.2) is 0 Å². The number of methoxy groups -OCH3 is 1. The molecule has 160 valence electrons. The third-order valence-electron chi connectivity index (χ3n) is 4.07. The molecule has 0 aromatic heterocycles. The van der Waals surface area contributed by atoms with Crippen LogP contribution in [0.25, 0.3) is 5.57 Å². The Bertz CT molecular complexity index is 971. The highest BCUT2D eigenvalue weighted by Crippen LogP contribution is 2.28. The van der Waals surface area contributed by atoms with Crippen LogP contribution < -0.4 is 4.74 Å². The third-order valence-corrected chi connectivity index (χ3v) is 4.38. The van der Waals surface area contributed by atoms with E-state index < -0.39 is 12.1 Å². The topological polar surface area (TPSA) is 57.1 Å². The Morgan fingerprint density at radius 2 is 1.93 bits per heavy atom. The fraction of sp³-hybridized carbons (Fsp3) is 0.238. The fourth-order valence-electron chi connectivity index (χ4n) is 2.68. The first-order chi connectivity index (χ1) is 14.2. The normalized spacial score (nSPS) is 12.5. The first kappa shape index (κ1) is 23.3. The highest BCUT2D eigenvalue weighted by Gasteiger charge is 2.31. The number of aldehydes is 1. The molecule has 2 rings (SSSR count). The number of benzene rings is 2. The molecule has 0 saturated heterocycles. The van der Waals surface area contributed by atoms with Crippen molar-refractivity contribution >= 4 is 29.2 Å². The van der Waals surface area contributed by atoms with E-state index in [2.05, 4.69) is 9.89 Å². The Kier molecular flexibility index (Phi) is 7.88. The second-order valence-electron chi connectivity index (χ2n) is 6.17. The van der Waals surface area contributed by atoms with Crippen molar-refractivity contribution in [3.05, 3.63) is 69.9 Å². The van der Waals surface area contributed by atoms with E-state index >= 15 is 0 Å². The first-order valence-corrected chi connectivity index (χ1v) is 9.03. The monoisotopic (exact) mass is 441 g/mol. The molecule has 2 aromatic carbocycles. The minimum atomic E-state index is -4.81. The van der Waals surface area contributed by atoms with Gasteiger partial charge in [0.15, 0.2) is 6.29 Å². The van der Waals surface area contributed by atoms with Gasteiger partial charge in [-0.15, -0.1) is 13.2 Å². The molecule has 5 nitrogen and oxygen atoms in total. The second kappa shape index (κ2) is 10.2. The molecule has 0 fully saturated rings. The zero-order valence-corrected chi connectivity index (χ0v) is 17.2. The van der Waals surface area contributed by atoms with Crippen LogP contribution in [0, 0.1) is 6.92 Å². The summed E-state index contributed by atoms with van der Waals surface area (Å²) in [5.74, 6) is -0.430. The number of nitrogens with zero attached hydrogens (tertiary/aromatic N) is 1. The van der Waals surface area contributed by atoms with E-state index in [0.717, 1.165) is 23.3 Å². The van der Waals surface area contributed by atoms with Crippen molar-refractivity contribution in [2.45, 2.75) is 26.8 Å². The fourth-order valence-corrected chi connectivity index (χ4v) is 2.98. The van der Waals surface area contributed by atoms with E-state index in [1.54, 1.807) is 19.1 Å². The SMILES string of the molecule is CO/C=C(/C=O)c1cccc(C)c1CO/N=C(\C)c1ccc(OC(F)(F)F)cc1Cl. The van der Waals surface area contributed by atoms with Gasteiger partial charge >= 0.3 is 6.36 Å². The van der Waals surface area contributed by atoms with Gasteiger partial charge in [0.2, 0.25) is 0 Å². The number of rotatable bonds is 8. The van der Waals surface area contributed by atoms with Crippen molar-refractivity contribution in [3.63, 3.8) is 0 Å². The van der Waals surface area contributed by atoms with Crippen LogP contribution in [0.2, 0.25) is 5.02 Å². The first-order valence-electron chi connectivity index (χ1n) is 8.65. The summed E-state index contributed by atoms with van der Waals surface area (Å²) in [5, 5.41) is 4.03. The molecule has 2 aromatic rings. The molecule has 0 heterocycles. The van der Waals surface area contributed by atoms with Crippen molar-refractivity contribution in [1.29, 1.82) is 0 Å². The number of hydrogen-bond donors (Lipinski definition) is 0. The molecule has 0 bridgehead atoms. The van der Waals surface area contributed by atoms with Crippen molar-refractivity contribution in [1.82, 2.24) is 0 Å². The standard InChI is InChI=1S/C21H19ClF3NO4/c1-13-5-4-6-18(15(10-27)11-28-3)19(13)12-29-26-14(2)17-8-7-16(9-20(17)22)30-21(23,24)25/h4-11H,12H2,1-3H3/b15-11-,26-14+. The predicted octanol–water partition coefficient (Wildman–Crippen LogP) is 5.67. The average molecular weight is 442 g/mol. The summed E-state index contributed by atoms with van der Waals surface area (Å²) < 4.78 is 45.7. The number of alkyl halides is 3. The maximum atomic E-state index is 12.3. The molecule has 0 N–H and O–H groups in total. The largest absolute Gasteiger partial charge is 0.573 e. The van der Waals surface area contributed by atoms with Gasteiger partial charge in [-0.05, 0) is 43.2 Å².